The number of carbonyl (C=O) groups excluding carboxylic acids is 1. The number of hydrogen-bond donors (Lipinski definition) is 0. The number of hydrogen-bond acceptors (Lipinski definition) is 5. The maximum Gasteiger partial charge on any atom is 0.332 e. The zero-order chi connectivity index (χ0) is 18.6. The third-order valence-electron chi connectivity index (χ3n) is 3.82. The molecule has 0 aliphatic carbocycles. The lowest BCUT2D eigenvalue weighted by molar-refractivity contribution is -0.137. The summed E-state index contributed by atoms with van der Waals surface area (Å²) in [6.45, 7) is 6.05. The lowest BCUT2D eigenvalue weighted by Crippen LogP contribution is -2.39. The summed E-state index contributed by atoms with van der Waals surface area (Å²) in [6, 6.07) is 0. The molecule has 0 fully saturated rings. The zero-order valence-electron chi connectivity index (χ0n) is 14.7. The number of imidazole rings is 1. The normalized spacial score (nSPS) is 11.3. The third-order valence-corrected chi connectivity index (χ3v) is 3.82. The smallest absolute Gasteiger partial charge is 0.332 e. The standard InChI is InChI=1S/C17H22N4O4/c1-5-7-11-25-13(22)9-8-12-18-15-14(19(12)3)16(23)21(10-6-2)17(24)20(15)4/h6,8-9H,2,5,7,10-11H2,1,3-4H3/b9-8+. The molecule has 0 atom stereocenters. The van der Waals surface area contributed by atoms with Gasteiger partial charge in [0.2, 0.25) is 0 Å². The number of nitrogens with zero attached hydrogens (tertiary/aromatic N) is 4. The predicted octanol–water partition coefficient (Wildman–Crippen LogP) is 0.976. The first-order valence-electron chi connectivity index (χ1n) is 8.04. The van der Waals surface area contributed by atoms with Crippen molar-refractivity contribution < 1.29 is 9.53 Å². The van der Waals surface area contributed by atoms with E-state index in [1.807, 2.05) is 6.92 Å². The molecule has 8 heteroatoms. The summed E-state index contributed by atoms with van der Waals surface area (Å²) in [5.74, 6) is -0.0932. The molecule has 0 aromatic carbocycles. The van der Waals surface area contributed by atoms with Crippen molar-refractivity contribution in [2.75, 3.05) is 6.61 Å². The van der Waals surface area contributed by atoms with E-state index in [1.54, 1.807) is 18.7 Å². The largest absolute Gasteiger partial charge is 0.463 e. The summed E-state index contributed by atoms with van der Waals surface area (Å²) in [6.07, 6.45) is 5.95. The first-order valence-corrected chi connectivity index (χ1v) is 8.04. The lowest BCUT2D eigenvalue weighted by atomic mass is 10.4. The van der Waals surface area contributed by atoms with Crippen LogP contribution >= 0.6 is 0 Å². The van der Waals surface area contributed by atoms with Crippen LogP contribution in [0.15, 0.2) is 28.3 Å². The third kappa shape index (κ3) is 3.62. The van der Waals surface area contributed by atoms with Crippen molar-refractivity contribution in [1.82, 2.24) is 18.7 Å². The van der Waals surface area contributed by atoms with Crippen molar-refractivity contribution >= 4 is 23.2 Å². The van der Waals surface area contributed by atoms with Crippen LogP contribution in [0.25, 0.3) is 17.2 Å². The molecule has 2 aromatic heterocycles. The summed E-state index contributed by atoms with van der Waals surface area (Å²) in [5, 5.41) is 0. The van der Waals surface area contributed by atoms with Crippen LogP contribution in [0.5, 0.6) is 0 Å². The van der Waals surface area contributed by atoms with Gasteiger partial charge in [0, 0.05) is 26.7 Å². The van der Waals surface area contributed by atoms with E-state index in [-0.39, 0.29) is 17.7 Å². The van der Waals surface area contributed by atoms with E-state index < -0.39 is 17.2 Å². The van der Waals surface area contributed by atoms with Crippen LogP contribution in [0.3, 0.4) is 0 Å². The second-order valence-corrected chi connectivity index (χ2v) is 5.60. The molecule has 0 unspecified atom stereocenters. The van der Waals surface area contributed by atoms with Crippen LogP contribution in [0.4, 0.5) is 0 Å². The summed E-state index contributed by atoms with van der Waals surface area (Å²) in [5.41, 5.74) is -0.372. The topological polar surface area (TPSA) is 88.1 Å². The van der Waals surface area contributed by atoms with Gasteiger partial charge in [-0.15, -0.1) is 6.58 Å². The minimum atomic E-state index is -0.474. The SMILES string of the molecule is C=CCn1c(=O)c2c(nc(/C=C/C(=O)OCCCC)n2C)n(C)c1=O. The van der Waals surface area contributed by atoms with E-state index in [0.717, 1.165) is 17.4 Å². The Morgan fingerprint density at radius 1 is 1.28 bits per heavy atom. The quantitative estimate of drug-likeness (QED) is 0.323. The first kappa shape index (κ1) is 18.4. The van der Waals surface area contributed by atoms with Gasteiger partial charge in [-0.25, -0.2) is 14.6 Å². The minimum absolute atomic E-state index is 0.113. The van der Waals surface area contributed by atoms with Gasteiger partial charge in [0.25, 0.3) is 5.56 Å². The van der Waals surface area contributed by atoms with Crippen molar-refractivity contribution in [3.63, 3.8) is 0 Å². The van der Waals surface area contributed by atoms with Crippen LogP contribution < -0.4 is 11.2 Å². The van der Waals surface area contributed by atoms with Crippen LogP contribution in [0.2, 0.25) is 0 Å². The molecule has 0 saturated heterocycles. The molecule has 2 aromatic rings. The van der Waals surface area contributed by atoms with Crippen molar-refractivity contribution in [1.29, 1.82) is 0 Å². The van der Waals surface area contributed by atoms with Gasteiger partial charge in [0.15, 0.2) is 11.2 Å². The highest BCUT2D eigenvalue weighted by Gasteiger charge is 2.17. The lowest BCUT2D eigenvalue weighted by Gasteiger charge is -2.05. The van der Waals surface area contributed by atoms with Crippen LogP contribution in [-0.4, -0.2) is 31.3 Å². The van der Waals surface area contributed by atoms with Crippen molar-refractivity contribution in [3.05, 3.63) is 45.4 Å². The molecule has 0 aliphatic rings. The average Bonchev–Trinajstić information content (AvgIpc) is 2.92. The van der Waals surface area contributed by atoms with E-state index in [9.17, 15) is 14.4 Å². The predicted molar refractivity (Wildman–Crippen MR) is 95.3 cm³/mol. The highest BCUT2D eigenvalue weighted by Crippen LogP contribution is 2.10. The number of aryl methyl sites for hydroxylation is 2. The summed E-state index contributed by atoms with van der Waals surface area (Å²) >= 11 is 0. The summed E-state index contributed by atoms with van der Waals surface area (Å²) in [7, 11) is 3.20. The van der Waals surface area contributed by atoms with Crippen LogP contribution in [0.1, 0.15) is 25.6 Å². The highest BCUT2D eigenvalue weighted by molar-refractivity contribution is 5.87. The van der Waals surface area contributed by atoms with Gasteiger partial charge < -0.3 is 9.30 Å². The molecule has 0 N–H and O–H groups in total. The minimum Gasteiger partial charge on any atom is -0.463 e. The number of carbonyl (C=O) groups is 1. The molecule has 0 bridgehead atoms. The molecule has 0 spiro atoms. The Kier molecular flexibility index (Phi) is 5.74. The molecule has 0 radical (unpaired) electrons. The monoisotopic (exact) mass is 346 g/mol. The number of rotatable bonds is 7. The maximum absolute atomic E-state index is 12.6. The highest BCUT2D eigenvalue weighted by atomic mass is 16.5. The number of aromatic nitrogens is 4. The Labute approximate surface area is 144 Å². The van der Waals surface area contributed by atoms with E-state index in [0.29, 0.717) is 12.4 Å². The molecule has 2 rings (SSSR count). The number of unbranched alkanes of at least 4 members (excludes halogenated alkanes) is 1. The Morgan fingerprint density at radius 2 is 2.00 bits per heavy atom. The second-order valence-electron chi connectivity index (χ2n) is 5.60. The van der Waals surface area contributed by atoms with E-state index in [2.05, 4.69) is 11.6 Å². The van der Waals surface area contributed by atoms with Gasteiger partial charge in [-0.05, 0) is 12.5 Å². The fraction of sp³-hybridized carbons (Fsp3) is 0.412. The maximum atomic E-state index is 12.6. The zero-order valence-corrected chi connectivity index (χ0v) is 14.7. The average molecular weight is 346 g/mol. The van der Waals surface area contributed by atoms with Crippen molar-refractivity contribution in [3.8, 4) is 0 Å². The fourth-order valence-electron chi connectivity index (χ4n) is 2.41. The summed E-state index contributed by atoms with van der Waals surface area (Å²) in [4.78, 5) is 40.8. The molecule has 0 saturated carbocycles. The second kappa shape index (κ2) is 7.78. The fourth-order valence-corrected chi connectivity index (χ4v) is 2.41. The molecule has 0 amide bonds. The van der Waals surface area contributed by atoms with Gasteiger partial charge in [-0.2, -0.15) is 0 Å². The Morgan fingerprint density at radius 3 is 2.64 bits per heavy atom. The molecule has 134 valence electrons. The first-order chi connectivity index (χ1) is 11.9. The van der Waals surface area contributed by atoms with E-state index >= 15 is 0 Å². The van der Waals surface area contributed by atoms with Gasteiger partial charge >= 0.3 is 11.7 Å². The number of allylic oxidation sites excluding steroid dienone is 1. The Balaban J connectivity index is 2.46. The van der Waals surface area contributed by atoms with Crippen molar-refractivity contribution in [2.45, 2.75) is 26.3 Å². The van der Waals surface area contributed by atoms with Crippen LogP contribution in [0, 0.1) is 0 Å². The van der Waals surface area contributed by atoms with E-state index in [4.69, 9.17) is 4.74 Å². The molecule has 2 heterocycles. The molecule has 0 aliphatic heterocycles. The van der Waals surface area contributed by atoms with Crippen molar-refractivity contribution in [2.24, 2.45) is 14.1 Å². The number of esters is 1. The molecule has 8 nitrogen and oxygen atoms in total. The van der Waals surface area contributed by atoms with Crippen LogP contribution in [-0.2, 0) is 30.2 Å². The Hall–Kier alpha value is -2.90. The molecular weight excluding hydrogens is 324 g/mol. The number of fused-ring (bicyclic) bond motifs is 1. The van der Waals surface area contributed by atoms with Gasteiger partial charge in [0.1, 0.15) is 5.82 Å². The van der Waals surface area contributed by atoms with Gasteiger partial charge in [-0.3, -0.25) is 13.9 Å². The van der Waals surface area contributed by atoms with Gasteiger partial charge in [0.05, 0.1) is 6.61 Å². The number of ether oxygens (including phenoxy) is 1. The Bertz CT molecular complexity index is 946. The summed E-state index contributed by atoms with van der Waals surface area (Å²) < 4.78 is 8.98. The molecular formula is C17H22N4O4. The molecule has 25 heavy (non-hydrogen) atoms. The van der Waals surface area contributed by atoms with E-state index in [1.165, 1.54) is 22.8 Å². The van der Waals surface area contributed by atoms with Gasteiger partial charge in [-0.1, -0.05) is 19.4 Å².